The van der Waals surface area contributed by atoms with E-state index in [1.54, 1.807) is 0 Å². The Labute approximate surface area is 131 Å². The Hall–Kier alpha value is -0.860. The summed E-state index contributed by atoms with van der Waals surface area (Å²) >= 11 is 0. The average molecular weight is 290 g/mol. The highest BCUT2D eigenvalue weighted by atomic mass is 15.1. The minimum Gasteiger partial charge on any atom is -0.314 e. The first-order valence-electron chi connectivity index (χ1n) is 8.53. The van der Waals surface area contributed by atoms with Gasteiger partial charge in [-0.2, -0.15) is 0 Å². The van der Waals surface area contributed by atoms with Crippen LogP contribution >= 0.6 is 0 Å². The van der Waals surface area contributed by atoms with E-state index in [1.807, 2.05) is 0 Å². The summed E-state index contributed by atoms with van der Waals surface area (Å²) in [6, 6.07) is 11.5. The van der Waals surface area contributed by atoms with Crippen LogP contribution in [0.5, 0.6) is 0 Å². The second kappa shape index (κ2) is 9.22. The van der Waals surface area contributed by atoms with Crippen LogP contribution in [0, 0.1) is 0 Å². The van der Waals surface area contributed by atoms with E-state index in [0.29, 0.717) is 6.04 Å². The van der Waals surface area contributed by atoms with Gasteiger partial charge in [-0.1, -0.05) is 71.4 Å². The number of hydrogen-bond donors (Lipinski definition) is 1. The number of nitrogens with zero attached hydrogens (tertiary/aromatic N) is 1. The van der Waals surface area contributed by atoms with E-state index in [2.05, 4.69) is 75.2 Å². The lowest BCUT2D eigenvalue weighted by Gasteiger charge is -2.36. The highest BCUT2D eigenvalue weighted by Crippen LogP contribution is 2.25. The van der Waals surface area contributed by atoms with Gasteiger partial charge in [0.2, 0.25) is 0 Å². The van der Waals surface area contributed by atoms with Gasteiger partial charge in [0.05, 0.1) is 0 Å². The zero-order valence-electron chi connectivity index (χ0n) is 14.7. The Morgan fingerprint density at radius 1 is 1.14 bits per heavy atom. The van der Waals surface area contributed by atoms with Crippen molar-refractivity contribution in [3.05, 3.63) is 35.9 Å². The Morgan fingerprint density at radius 3 is 2.33 bits per heavy atom. The van der Waals surface area contributed by atoms with Gasteiger partial charge >= 0.3 is 0 Å². The number of benzene rings is 1. The number of likely N-dealkylation sites (N-methyl/N-ethyl adjacent to an activating group) is 1. The molecule has 2 heteroatoms. The van der Waals surface area contributed by atoms with Crippen LogP contribution in [-0.4, -0.2) is 37.1 Å². The molecule has 0 saturated heterocycles. The molecule has 21 heavy (non-hydrogen) atoms. The third-order valence-electron chi connectivity index (χ3n) is 4.22. The topological polar surface area (TPSA) is 15.3 Å². The quantitative estimate of drug-likeness (QED) is 0.699. The maximum Gasteiger partial charge on any atom is 0.0177 e. The molecule has 1 atom stereocenters. The van der Waals surface area contributed by atoms with E-state index >= 15 is 0 Å². The van der Waals surface area contributed by atoms with E-state index < -0.39 is 0 Å². The largest absolute Gasteiger partial charge is 0.314 e. The Kier molecular flexibility index (Phi) is 7.98. The summed E-state index contributed by atoms with van der Waals surface area (Å²) in [7, 11) is 0. The molecular formula is C19H34N2. The maximum atomic E-state index is 3.64. The number of nitrogens with one attached hydrogen (secondary N) is 1. The summed E-state index contributed by atoms with van der Waals surface area (Å²) in [5.41, 5.74) is 1.60. The van der Waals surface area contributed by atoms with E-state index in [9.17, 15) is 0 Å². The van der Waals surface area contributed by atoms with Crippen molar-refractivity contribution in [2.24, 2.45) is 0 Å². The van der Waals surface area contributed by atoms with Gasteiger partial charge in [-0.3, -0.25) is 0 Å². The Morgan fingerprint density at radius 2 is 1.81 bits per heavy atom. The summed E-state index contributed by atoms with van der Waals surface area (Å²) in [5, 5.41) is 3.64. The molecule has 0 aliphatic rings. The van der Waals surface area contributed by atoms with Gasteiger partial charge in [-0.15, -0.1) is 0 Å². The van der Waals surface area contributed by atoms with Crippen LogP contribution in [0.15, 0.2) is 30.3 Å². The predicted molar refractivity (Wildman–Crippen MR) is 94.0 cm³/mol. The van der Waals surface area contributed by atoms with Gasteiger partial charge in [0.15, 0.2) is 0 Å². The molecule has 0 saturated carbocycles. The molecule has 0 spiro atoms. The lowest BCUT2D eigenvalue weighted by molar-refractivity contribution is 0.214. The van der Waals surface area contributed by atoms with Gasteiger partial charge in [0.1, 0.15) is 0 Å². The molecule has 120 valence electrons. The second-order valence-corrected chi connectivity index (χ2v) is 6.68. The smallest absolute Gasteiger partial charge is 0.0177 e. The van der Waals surface area contributed by atoms with Crippen LogP contribution in [0.3, 0.4) is 0 Å². The van der Waals surface area contributed by atoms with E-state index in [0.717, 1.165) is 19.6 Å². The fourth-order valence-electron chi connectivity index (χ4n) is 2.74. The molecule has 0 aliphatic carbocycles. The van der Waals surface area contributed by atoms with Crippen molar-refractivity contribution < 1.29 is 0 Å². The van der Waals surface area contributed by atoms with Crippen molar-refractivity contribution >= 4 is 0 Å². The molecule has 1 aromatic rings. The van der Waals surface area contributed by atoms with Crippen molar-refractivity contribution in [2.45, 2.75) is 58.9 Å². The van der Waals surface area contributed by atoms with Crippen LogP contribution in [0.4, 0.5) is 0 Å². The van der Waals surface area contributed by atoms with Gasteiger partial charge < -0.3 is 10.2 Å². The third-order valence-corrected chi connectivity index (χ3v) is 4.22. The minimum absolute atomic E-state index is 0.162. The molecule has 0 heterocycles. The lowest BCUT2D eigenvalue weighted by atomic mass is 9.81. The first-order valence-corrected chi connectivity index (χ1v) is 8.53. The van der Waals surface area contributed by atoms with Crippen molar-refractivity contribution in [1.29, 1.82) is 0 Å². The molecule has 0 fully saturated rings. The summed E-state index contributed by atoms with van der Waals surface area (Å²) < 4.78 is 0. The van der Waals surface area contributed by atoms with Crippen LogP contribution in [0.1, 0.15) is 53.0 Å². The summed E-state index contributed by atoms with van der Waals surface area (Å²) in [6.45, 7) is 15.9. The standard InChI is InChI=1S/C19H34N2/c1-6-8-14-21(7-2)16-19(5,15-20-17(3)4)18-12-10-9-11-13-18/h9-13,17,20H,6-8,14-16H2,1-5H3. The maximum absolute atomic E-state index is 3.64. The number of unbranched alkanes of at least 4 members (excludes halogenated alkanes) is 1. The zero-order chi connectivity index (χ0) is 15.7. The van der Waals surface area contributed by atoms with Crippen LogP contribution < -0.4 is 5.32 Å². The highest BCUT2D eigenvalue weighted by molar-refractivity contribution is 5.25. The predicted octanol–water partition coefficient (Wildman–Crippen LogP) is 4.06. The van der Waals surface area contributed by atoms with Crippen molar-refractivity contribution in [3.63, 3.8) is 0 Å². The SMILES string of the molecule is CCCCN(CC)CC(C)(CNC(C)C)c1ccccc1. The summed E-state index contributed by atoms with van der Waals surface area (Å²) in [4.78, 5) is 2.60. The summed E-state index contributed by atoms with van der Waals surface area (Å²) in [6.07, 6.45) is 2.55. The van der Waals surface area contributed by atoms with E-state index in [4.69, 9.17) is 0 Å². The molecule has 0 bridgehead atoms. The molecule has 2 nitrogen and oxygen atoms in total. The third kappa shape index (κ3) is 6.19. The van der Waals surface area contributed by atoms with E-state index in [-0.39, 0.29) is 5.41 Å². The molecule has 0 amide bonds. The van der Waals surface area contributed by atoms with Crippen molar-refractivity contribution in [1.82, 2.24) is 10.2 Å². The second-order valence-electron chi connectivity index (χ2n) is 6.68. The fraction of sp³-hybridized carbons (Fsp3) is 0.684. The van der Waals surface area contributed by atoms with Gasteiger partial charge in [0.25, 0.3) is 0 Å². The Bertz CT molecular complexity index is 374. The molecule has 0 aliphatic heterocycles. The lowest BCUT2D eigenvalue weighted by Crippen LogP contribution is -2.47. The molecule has 0 aromatic heterocycles. The monoisotopic (exact) mass is 290 g/mol. The van der Waals surface area contributed by atoms with Crippen LogP contribution in [-0.2, 0) is 5.41 Å². The van der Waals surface area contributed by atoms with Crippen LogP contribution in [0.2, 0.25) is 0 Å². The fourth-order valence-corrected chi connectivity index (χ4v) is 2.74. The van der Waals surface area contributed by atoms with Gasteiger partial charge in [-0.05, 0) is 25.1 Å². The number of rotatable bonds is 10. The Balaban J connectivity index is 2.85. The minimum atomic E-state index is 0.162. The van der Waals surface area contributed by atoms with Gasteiger partial charge in [0, 0.05) is 24.5 Å². The molecule has 1 rings (SSSR count). The highest BCUT2D eigenvalue weighted by Gasteiger charge is 2.28. The summed E-state index contributed by atoms with van der Waals surface area (Å²) in [5.74, 6) is 0. The van der Waals surface area contributed by atoms with Crippen molar-refractivity contribution in [3.8, 4) is 0 Å². The van der Waals surface area contributed by atoms with Crippen molar-refractivity contribution in [2.75, 3.05) is 26.2 Å². The first-order chi connectivity index (χ1) is 10.0. The van der Waals surface area contributed by atoms with Gasteiger partial charge in [-0.25, -0.2) is 0 Å². The molecule has 1 unspecified atom stereocenters. The zero-order valence-corrected chi connectivity index (χ0v) is 14.7. The molecule has 1 N–H and O–H groups in total. The molecular weight excluding hydrogens is 256 g/mol. The van der Waals surface area contributed by atoms with E-state index in [1.165, 1.54) is 24.9 Å². The van der Waals surface area contributed by atoms with Crippen LogP contribution in [0.25, 0.3) is 0 Å². The molecule has 0 radical (unpaired) electrons. The number of hydrogen-bond acceptors (Lipinski definition) is 2. The average Bonchev–Trinajstić information content (AvgIpc) is 2.50. The first kappa shape index (κ1) is 18.2. The molecule has 1 aromatic carbocycles. The normalized spacial score (nSPS) is 14.6.